The molecular formula is C6H11NO3. The van der Waals surface area contributed by atoms with Crippen molar-refractivity contribution in [2.24, 2.45) is 0 Å². The first-order valence-electron chi connectivity index (χ1n) is 3.23. The van der Waals surface area contributed by atoms with E-state index < -0.39 is 12.1 Å². The normalized spacial score (nSPS) is 28.3. The van der Waals surface area contributed by atoms with E-state index in [1.54, 1.807) is 0 Å². The van der Waals surface area contributed by atoms with Crippen LogP contribution in [0, 0.1) is 0 Å². The fraction of sp³-hybridized carbons (Fsp3) is 0.833. The standard InChI is InChI=1S/C6H11NO3/c1-7-2-3-10-5(4-7)6(8)9/h5H,2-4H2,1H3,(H,8,9)/t5-/m1/s1. The van der Waals surface area contributed by atoms with Crippen molar-refractivity contribution in [3.8, 4) is 0 Å². The molecule has 1 saturated heterocycles. The van der Waals surface area contributed by atoms with Gasteiger partial charge in [0.15, 0.2) is 6.10 Å². The summed E-state index contributed by atoms with van der Waals surface area (Å²) in [7, 11) is 1.89. The Morgan fingerprint density at radius 1 is 1.80 bits per heavy atom. The predicted molar refractivity (Wildman–Crippen MR) is 34.9 cm³/mol. The van der Waals surface area contributed by atoms with Crippen LogP contribution in [-0.2, 0) is 9.53 Å². The predicted octanol–water partition coefficient (Wildman–Crippen LogP) is -0.598. The van der Waals surface area contributed by atoms with Gasteiger partial charge in [0.2, 0.25) is 0 Å². The van der Waals surface area contributed by atoms with E-state index in [-0.39, 0.29) is 0 Å². The van der Waals surface area contributed by atoms with Crippen molar-refractivity contribution in [3.05, 3.63) is 0 Å². The van der Waals surface area contributed by atoms with Crippen molar-refractivity contribution in [2.45, 2.75) is 6.10 Å². The minimum Gasteiger partial charge on any atom is -0.479 e. The van der Waals surface area contributed by atoms with E-state index in [2.05, 4.69) is 0 Å². The molecule has 1 rings (SSSR count). The summed E-state index contributed by atoms with van der Waals surface area (Å²) in [6, 6.07) is 0. The first kappa shape index (κ1) is 7.50. The highest BCUT2D eigenvalue weighted by Crippen LogP contribution is 2.01. The molecule has 0 aromatic rings. The maximum absolute atomic E-state index is 10.3. The van der Waals surface area contributed by atoms with E-state index in [4.69, 9.17) is 9.84 Å². The summed E-state index contributed by atoms with van der Waals surface area (Å²) in [5.41, 5.74) is 0. The molecule has 4 heteroatoms. The smallest absolute Gasteiger partial charge is 0.334 e. The minimum atomic E-state index is -0.869. The van der Waals surface area contributed by atoms with Gasteiger partial charge >= 0.3 is 5.97 Å². The summed E-state index contributed by atoms with van der Waals surface area (Å²) in [5.74, 6) is -0.869. The zero-order valence-corrected chi connectivity index (χ0v) is 5.91. The number of aliphatic carboxylic acids is 1. The van der Waals surface area contributed by atoms with Gasteiger partial charge in [0, 0.05) is 13.1 Å². The third-order valence-electron chi connectivity index (χ3n) is 1.54. The van der Waals surface area contributed by atoms with Gasteiger partial charge in [0.25, 0.3) is 0 Å². The van der Waals surface area contributed by atoms with E-state index >= 15 is 0 Å². The Morgan fingerprint density at radius 2 is 2.50 bits per heavy atom. The van der Waals surface area contributed by atoms with E-state index in [1.807, 2.05) is 11.9 Å². The molecular weight excluding hydrogens is 134 g/mol. The summed E-state index contributed by atoms with van der Waals surface area (Å²) < 4.78 is 4.97. The molecule has 58 valence electrons. The molecule has 0 radical (unpaired) electrons. The minimum absolute atomic E-state index is 0.495. The van der Waals surface area contributed by atoms with Gasteiger partial charge in [0.05, 0.1) is 6.61 Å². The monoisotopic (exact) mass is 145 g/mol. The van der Waals surface area contributed by atoms with Gasteiger partial charge in [-0.1, -0.05) is 0 Å². The Kier molecular flexibility index (Phi) is 2.24. The van der Waals surface area contributed by atoms with Crippen molar-refractivity contribution >= 4 is 5.97 Å². The molecule has 0 aliphatic carbocycles. The molecule has 0 unspecified atom stereocenters. The quantitative estimate of drug-likeness (QED) is 0.535. The van der Waals surface area contributed by atoms with Gasteiger partial charge < -0.3 is 14.7 Å². The lowest BCUT2D eigenvalue weighted by atomic mass is 10.3. The number of likely N-dealkylation sites (N-methyl/N-ethyl adjacent to an activating group) is 1. The molecule has 10 heavy (non-hydrogen) atoms. The highest BCUT2D eigenvalue weighted by atomic mass is 16.5. The zero-order chi connectivity index (χ0) is 7.56. The number of hydrogen-bond acceptors (Lipinski definition) is 3. The van der Waals surface area contributed by atoms with Crippen molar-refractivity contribution in [1.82, 2.24) is 4.90 Å². The van der Waals surface area contributed by atoms with Crippen LogP contribution in [0.4, 0.5) is 0 Å². The average Bonchev–Trinajstić information content (AvgIpc) is 1.88. The van der Waals surface area contributed by atoms with Crippen molar-refractivity contribution in [3.63, 3.8) is 0 Å². The Bertz CT molecular complexity index is 137. The number of hydrogen-bond donors (Lipinski definition) is 1. The number of rotatable bonds is 1. The summed E-state index contributed by atoms with van der Waals surface area (Å²) in [5, 5.41) is 8.50. The fourth-order valence-corrected chi connectivity index (χ4v) is 0.927. The highest BCUT2D eigenvalue weighted by Gasteiger charge is 2.23. The molecule has 1 aliphatic rings. The number of carboxylic acid groups (broad SMARTS) is 1. The zero-order valence-electron chi connectivity index (χ0n) is 5.91. The summed E-state index contributed by atoms with van der Waals surface area (Å²) in [6.45, 7) is 1.84. The molecule has 4 nitrogen and oxygen atoms in total. The SMILES string of the molecule is CN1CCO[C@@H](C(=O)O)C1. The molecule has 1 fully saturated rings. The van der Waals surface area contributed by atoms with E-state index in [1.165, 1.54) is 0 Å². The molecule has 1 N–H and O–H groups in total. The maximum Gasteiger partial charge on any atom is 0.334 e. The van der Waals surface area contributed by atoms with Crippen LogP contribution in [0.5, 0.6) is 0 Å². The molecule has 0 aromatic carbocycles. The Morgan fingerprint density at radius 3 is 2.90 bits per heavy atom. The van der Waals surface area contributed by atoms with E-state index in [0.717, 1.165) is 6.54 Å². The average molecular weight is 145 g/mol. The van der Waals surface area contributed by atoms with Crippen molar-refractivity contribution < 1.29 is 14.6 Å². The van der Waals surface area contributed by atoms with Crippen molar-refractivity contribution in [1.29, 1.82) is 0 Å². The van der Waals surface area contributed by atoms with Crippen LogP contribution in [0.3, 0.4) is 0 Å². The molecule has 1 aliphatic heterocycles. The third-order valence-corrected chi connectivity index (χ3v) is 1.54. The summed E-state index contributed by atoms with van der Waals surface area (Å²) in [6.07, 6.45) is -0.626. The second-order valence-electron chi connectivity index (χ2n) is 2.46. The first-order chi connectivity index (χ1) is 4.70. The Balaban J connectivity index is 2.39. The van der Waals surface area contributed by atoms with Gasteiger partial charge in [-0.25, -0.2) is 4.79 Å². The lowest BCUT2D eigenvalue weighted by molar-refractivity contribution is -0.155. The lowest BCUT2D eigenvalue weighted by Crippen LogP contribution is -2.43. The van der Waals surface area contributed by atoms with Gasteiger partial charge in [-0.2, -0.15) is 0 Å². The van der Waals surface area contributed by atoms with E-state index in [9.17, 15) is 4.79 Å². The maximum atomic E-state index is 10.3. The van der Waals surface area contributed by atoms with Gasteiger partial charge in [-0.05, 0) is 7.05 Å². The van der Waals surface area contributed by atoms with Crippen LogP contribution >= 0.6 is 0 Å². The van der Waals surface area contributed by atoms with Gasteiger partial charge in [0.1, 0.15) is 0 Å². The molecule has 0 amide bonds. The highest BCUT2D eigenvalue weighted by molar-refractivity contribution is 5.72. The van der Waals surface area contributed by atoms with E-state index in [0.29, 0.717) is 13.2 Å². The number of nitrogens with zero attached hydrogens (tertiary/aromatic N) is 1. The topological polar surface area (TPSA) is 49.8 Å². The van der Waals surface area contributed by atoms with Crippen molar-refractivity contribution in [2.75, 3.05) is 26.7 Å². The number of carboxylic acids is 1. The lowest BCUT2D eigenvalue weighted by Gasteiger charge is -2.27. The molecule has 0 bridgehead atoms. The van der Waals surface area contributed by atoms with Crippen LogP contribution in [0.25, 0.3) is 0 Å². The molecule has 0 aromatic heterocycles. The van der Waals surface area contributed by atoms with Gasteiger partial charge in [-0.3, -0.25) is 0 Å². The Hall–Kier alpha value is -0.610. The molecule has 1 heterocycles. The largest absolute Gasteiger partial charge is 0.479 e. The molecule has 0 saturated carbocycles. The van der Waals surface area contributed by atoms with Crippen LogP contribution in [0.1, 0.15) is 0 Å². The van der Waals surface area contributed by atoms with Crippen LogP contribution in [-0.4, -0.2) is 48.8 Å². The number of carbonyl (C=O) groups is 1. The summed E-state index contributed by atoms with van der Waals surface area (Å²) >= 11 is 0. The number of ether oxygens (including phenoxy) is 1. The molecule has 1 atom stereocenters. The fourth-order valence-electron chi connectivity index (χ4n) is 0.927. The second-order valence-corrected chi connectivity index (χ2v) is 2.46. The first-order valence-corrected chi connectivity index (χ1v) is 3.23. The third kappa shape index (κ3) is 1.68. The van der Waals surface area contributed by atoms with Crippen LogP contribution in [0.2, 0.25) is 0 Å². The number of morpholine rings is 1. The van der Waals surface area contributed by atoms with Crippen LogP contribution in [0.15, 0.2) is 0 Å². The second kappa shape index (κ2) is 2.98. The van der Waals surface area contributed by atoms with Crippen LogP contribution < -0.4 is 0 Å². The summed E-state index contributed by atoms with van der Waals surface area (Å²) in [4.78, 5) is 12.3. The molecule has 0 spiro atoms. The van der Waals surface area contributed by atoms with Gasteiger partial charge in [-0.15, -0.1) is 0 Å². The Labute approximate surface area is 59.4 Å².